The second-order valence-corrected chi connectivity index (χ2v) is 6.71. The molecule has 4 aromatic rings. The molecule has 0 saturated heterocycles. The van der Waals surface area contributed by atoms with Crippen LogP contribution in [0.5, 0.6) is 0 Å². The van der Waals surface area contributed by atoms with Crippen LogP contribution in [0.4, 0.5) is 0 Å². The van der Waals surface area contributed by atoms with E-state index in [9.17, 15) is 9.90 Å². The number of benzene rings is 2. The van der Waals surface area contributed by atoms with Gasteiger partial charge in [-0.1, -0.05) is 35.9 Å². The molecule has 0 amide bonds. The average molecular weight is 385 g/mol. The number of furan rings is 1. The van der Waals surface area contributed by atoms with Gasteiger partial charge in [-0.2, -0.15) is 0 Å². The first-order valence-electron chi connectivity index (χ1n) is 8.49. The summed E-state index contributed by atoms with van der Waals surface area (Å²) in [5.74, 6) is 0. The van der Waals surface area contributed by atoms with Crippen LogP contribution in [0.3, 0.4) is 0 Å². The Balaban J connectivity index is 1.44. The first kappa shape index (κ1) is 17.7. The van der Waals surface area contributed by atoms with Crippen molar-refractivity contribution in [3.63, 3.8) is 0 Å². The molecule has 0 aliphatic rings. The van der Waals surface area contributed by atoms with Crippen molar-refractivity contribution in [2.75, 3.05) is 6.61 Å². The van der Waals surface area contributed by atoms with Gasteiger partial charge < -0.3 is 14.3 Å². The number of aliphatic hydroxyl groups is 1. The molecule has 27 heavy (non-hydrogen) atoms. The maximum atomic E-state index is 12.6. The molecule has 0 saturated carbocycles. The first-order chi connectivity index (χ1) is 13.1. The Morgan fingerprint density at radius 3 is 2.78 bits per heavy atom. The van der Waals surface area contributed by atoms with E-state index >= 15 is 0 Å². The standard InChI is InChI=1S/C20H17ClN2O4/c21-14-7-5-13(6-8-14)10-26-11-15(24)9-23-12-22-18-16-3-1-2-4-17(16)27-19(18)20(23)25/h1-8,12,15,24H,9-11H2. The minimum Gasteiger partial charge on any atom is -0.448 e. The molecule has 138 valence electrons. The molecule has 1 atom stereocenters. The summed E-state index contributed by atoms with van der Waals surface area (Å²) in [6, 6.07) is 14.6. The number of aromatic nitrogens is 2. The minimum atomic E-state index is -0.848. The van der Waals surface area contributed by atoms with Gasteiger partial charge in [-0.05, 0) is 29.8 Å². The summed E-state index contributed by atoms with van der Waals surface area (Å²) in [6.45, 7) is 0.511. The average Bonchev–Trinajstić information content (AvgIpc) is 3.05. The summed E-state index contributed by atoms with van der Waals surface area (Å²) >= 11 is 5.84. The van der Waals surface area contributed by atoms with E-state index in [0.29, 0.717) is 22.7 Å². The van der Waals surface area contributed by atoms with Crippen LogP contribution in [0.15, 0.2) is 64.1 Å². The Kier molecular flexibility index (Phi) is 4.94. The fourth-order valence-electron chi connectivity index (χ4n) is 2.92. The van der Waals surface area contributed by atoms with Crippen LogP contribution < -0.4 is 5.56 Å². The van der Waals surface area contributed by atoms with Crippen LogP contribution in [0.25, 0.3) is 22.1 Å². The highest BCUT2D eigenvalue weighted by Crippen LogP contribution is 2.24. The fourth-order valence-corrected chi connectivity index (χ4v) is 3.04. The highest BCUT2D eigenvalue weighted by atomic mass is 35.5. The van der Waals surface area contributed by atoms with Gasteiger partial charge >= 0.3 is 0 Å². The van der Waals surface area contributed by atoms with E-state index in [1.807, 2.05) is 30.3 Å². The summed E-state index contributed by atoms with van der Waals surface area (Å²) in [5.41, 5.74) is 1.96. The molecule has 0 radical (unpaired) electrons. The second-order valence-electron chi connectivity index (χ2n) is 6.27. The van der Waals surface area contributed by atoms with Gasteiger partial charge in [0, 0.05) is 10.4 Å². The molecule has 0 aliphatic carbocycles. The fraction of sp³-hybridized carbons (Fsp3) is 0.200. The number of halogens is 1. The van der Waals surface area contributed by atoms with Crippen LogP contribution in [0, 0.1) is 0 Å². The first-order valence-corrected chi connectivity index (χ1v) is 8.86. The number of nitrogens with zero attached hydrogens (tertiary/aromatic N) is 2. The highest BCUT2D eigenvalue weighted by molar-refractivity contribution is 6.30. The van der Waals surface area contributed by atoms with Crippen molar-refractivity contribution in [2.45, 2.75) is 19.3 Å². The normalized spacial score (nSPS) is 12.7. The zero-order valence-corrected chi connectivity index (χ0v) is 15.1. The highest BCUT2D eigenvalue weighted by Gasteiger charge is 2.15. The van der Waals surface area contributed by atoms with E-state index in [2.05, 4.69) is 4.98 Å². The Labute approximate surface area is 159 Å². The van der Waals surface area contributed by atoms with Crippen LogP contribution in [0.1, 0.15) is 5.56 Å². The number of fused-ring (bicyclic) bond motifs is 3. The number of aliphatic hydroxyl groups excluding tert-OH is 1. The maximum absolute atomic E-state index is 12.6. The van der Waals surface area contributed by atoms with Crippen molar-refractivity contribution in [2.24, 2.45) is 0 Å². The molecule has 4 rings (SSSR count). The molecule has 6 nitrogen and oxygen atoms in total. The van der Waals surface area contributed by atoms with Gasteiger partial charge in [-0.25, -0.2) is 4.98 Å². The molecular weight excluding hydrogens is 368 g/mol. The van der Waals surface area contributed by atoms with Crippen molar-refractivity contribution in [1.82, 2.24) is 9.55 Å². The molecule has 0 fully saturated rings. The van der Waals surface area contributed by atoms with Crippen molar-refractivity contribution in [1.29, 1.82) is 0 Å². The topological polar surface area (TPSA) is 77.5 Å². The predicted molar refractivity (Wildman–Crippen MR) is 103 cm³/mol. The minimum absolute atomic E-state index is 0.0689. The third kappa shape index (κ3) is 3.73. The smallest absolute Gasteiger partial charge is 0.297 e. The lowest BCUT2D eigenvalue weighted by molar-refractivity contribution is 0.0198. The van der Waals surface area contributed by atoms with Gasteiger partial charge in [0.2, 0.25) is 5.58 Å². The number of rotatable bonds is 6. The molecular formula is C20H17ClN2O4. The van der Waals surface area contributed by atoms with Crippen molar-refractivity contribution in [3.05, 3.63) is 75.8 Å². The van der Waals surface area contributed by atoms with E-state index in [1.165, 1.54) is 10.9 Å². The molecule has 1 unspecified atom stereocenters. The largest absolute Gasteiger partial charge is 0.448 e. The second kappa shape index (κ2) is 7.52. The summed E-state index contributed by atoms with van der Waals surface area (Å²) in [6.07, 6.45) is 0.577. The van der Waals surface area contributed by atoms with Crippen molar-refractivity contribution >= 4 is 33.7 Å². The molecule has 1 N–H and O–H groups in total. The summed E-state index contributed by atoms with van der Waals surface area (Å²) in [7, 11) is 0. The predicted octanol–water partition coefficient (Wildman–Crippen LogP) is 3.37. The zero-order valence-electron chi connectivity index (χ0n) is 14.3. The van der Waals surface area contributed by atoms with Crippen molar-refractivity contribution in [3.8, 4) is 0 Å². The lowest BCUT2D eigenvalue weighted by atomic mass is 10.2. The molecule has 2 aromatic carbocycles. The molecule has 0 spiro atoms. The maximum Gasteiger partial charge on any atom is 0.297 e. The molecule has 7 heteroatoms. The van der Waals surface area contributed by atoms with Gasteiger partial charge in [0.15, 0.2) is 0 Å². The Hall–Kier alpha value is -2.67. The van der Waals surface area contributed by atoms with E-state index in [-0.39, 0.29) is 24.3 Å². The third-order valence-electron chi connectivity index (χ3n) is 4.25. The van der Waals surface area contributed by atoms with Crippen LogP contribution in [-0.2, 0) is 17.9 Å². The molecule has 2 aromatic heterocycles. The quantitative estimate of drug-likeness (QED) is 0.551. The lowest BCUT2D eigenvalue weighted by Gasteiger charge is -2.12. The SMILES string of the molecule is O=c1c2oc3ccccc3c2ncn1CC(O)COCc1ccc(Cl)cc1. The molecule has 0 bridgehead atoms. The van der Waals surface area contributed by atoms with Gasteiger partial charge in [0.05, 0.1) is 32.2 Å². The van der Waals surface area contributed by atoms with Crippen LogP contribution in [-0.4, -0.2) is 27.4 Å². The number of hydrogen-bond acceptors (Lipinski definition) is 5. The number of ether oxygens (including phenoxy) is 1. The Morgan fingerprint density at radius 2 is 1.96 bits per heavy atom. The van der Waals surface area contributed by atoms with Gasteiger partial charge in [-0.3, -0.25) is 9.36 Å². The summed E-state index contributed by atoms with van der Waals surface area (Å²) < 4.78 is 12.5. The monoisotopic (exact) mass is 384 g/mol. The Morgan fingerprint density at radius 1 is 1.19 bits per heavy atom. The third-order valence-corrected chi connectivity index (χ3v) is 4.50. The van der Waals surface area contributed by atoms with Crippen molar-refractivity contribution < 1.29 is 14.3 Å². The van der Waals surface area contributed by atoms with E-state index in [0.717, 1.165) is 10.9 Å². The molecule has 2 heterocycles. The van der Waals surface area contributed by atoms with E-state index in [4.69, 9.17) is 20.8 Å². The Bertz CT molecular complexity index is 1130. The summed E-state index contributed by atoms with van der Waals surface area (Å²) in [4.78, 5) is 16.9. The lowest BCUT2D eigenvalue weighted by Crippen LogP contribution is -2.29. The van der Waals surface area contributed by atoms with Gasteiger partial charge in [0.1, 0.15) is 11.1 Å². The van der Waals surface area contributed by atoms with Gasteiger partial charge in [0.25, 0.3) is 5.56 Å². The van der Waals surface area contributed by atoms with E-state index in [1.54, 1.807) is 18.2 Å². The molecule has 0 aliphatic heterocycles. The summed E-state index contributed by atoms with van der Waals surface area (Å²) in [5, 5.41) is 11.7. The van der Waals surface area contributed by atoms with E-state index < -0.39 is 6.10 Å². The number of para-hydroxylation sites is 1. The van der Waals surface area contributed by atoms with Crippen LogP contribution in [0.2, 0.25) is 5.02 Å². The van der Waals surface area contributed by atoms with Crippen LogP contribution >= 0.6 is 11.6 Å². The number of hydrogen-bond donors (Lipinski definition) is 1. The zero-order chi connectivity index (χ0) is 18.8. The van der Waals surface area contributed by atoms with Gasteiger partial charge in [-0.15, -0.1) is 0 Å².